The van der Waals surface area contributed by atoms with Gasteiger partial charge in [-0.2, -0.15) is 0 Å². The highest BCUT2D eigenvalue weighted by Crippen LogP contribution is 2.21. The molecule has 0 N–H and O–H groups in total. The SMILES string of the molecule is Cc1ccc2nccc(C(=O)N3CCCC3)c2c1. The quantitative estimate of drug-likeness (QED) is 0.768. The fourth-order valence-electron chi connectivity index (χ4n) is 2.54. The lowest BCUT2D eigenvalue weighted by molar-refractivity contribution is 0.0794. The monoisotopic (exact) mass is 240 g/mol. The fraction of sp³-hybridized carbons (Fsp3) is 0.333. The number of hydrogen-bond donors (Lipinski definition) is 0. The lowest BCUT2D eigenvalue weighted by atomic mass is 10.1. The van der Waals surface area contributed by atoms with Gasteiger partial charge < -0.3 is 4.90 Å². The predicted octanol–water partition coefficient (Wildman–Crippen LogP) is 2.78. The Balaban J connectivity index is 2.10. The first-order chi connectivity index (χ1) is 8.75. The average molecular weight is 240 g/mol. The van der Waals surface area contributed by atoms with Crippen LogP contribution in [0.1, 0.15) is 28.8 Å². The van der Waals surface area contributed by atoms with Crippen molar-refractivity contribution in [3.8, 4) is 0 Å². The van der Waals surface area contributed by atoms with Gasteiger partial charge in [-0.25, -0.2) is 0 Å². The van der Waals surface area contributed by atoms with Gasteiger partial charge in [-0.3, -0.25) is 9.78 Å². The Morgan fingerprint density at radius 3 is 2.78 bits per heavy atom. The molecule has 1 fully saturated rings. The highest BCUT2D eigenvalue weighted by Gasteiger charge is 2.21. The number of carbonyl (C=O) groups is 1. The van der Waals surface area contributed by atoms with E-state index in [0.717, 1.165) is 48.0 Å². The van der Waals surface area contributed by atoms with E-state index in [1.807, 2.05) is 36.1 Å². The summed E-state index contributed by atoms with van der Waals surface area (Å²) < 4.78 is 0. The van der Waals surface area contributed by atoms with Crippen LogP contribution in [0.3, 0.4) is 0 Å². The van der Waals surface area contributed by atoms with Crippen LogP contribution in [-0.4, -0.2) is 28.9 Å². The maximum Gasteiger partial charge on any atom is 0.254 e. The first-order valence-corrected chi connectivity index (χ1v) is 6.40. The van der Waals surface area contributed by atoms with E-state index in [0.29, 0.717) is 0 Å². The molecule has 0 aliphatic carbocycles. The van der Waals surface area contributed by atoms with Crippen molar-refractivity contribution in [3.05, 3.63) is 41.6 Å². The van der Waals surface area contributed by atoms with Crippen LogP contribution in [-0.2, 0) is 0 Å². The number of aromatic nitrogens is 1. The Labute approximate surface area is 106 Å². The summed E-state index contributed by atoms with van der Waals surface area (Å²) in [5.74, 6) is 0.144. The lowest BCUT2D eigenvalue weighted by Crippen LogP contribution is -2.27. The molecular formula is C15H16N2O. The first kappa shape index (κ1) is 11.2. The van der Waals surface area contributed by atoms with Crippen molar-refractivity contribution in [2.75, 3.05) is 13.1 Å². The predicted molar refractivity (Wildman–Crippen MR) is 71.6 cm³/mol. The minimum absolute atomic E-state index is 0.144. The van der Waals surface area contributed by atoms with Crippen LogP contribution in [0.15, 0.2) is 30.5 Å². The summed E-state index contributed by atoms with van der Waals surface area (Å²) in [7, 11) is 0. The second-order valence-electron chi connectivity index (χ2n) is 4.88. The number of benzene rings is 1. The van der Waals surface area contributed by atoms with Crippen LogP contribution in [0.2, 0.25) is 0 Å². The molecule has 18 heavy (non-hydrogen) atoms. The van der Waals surface area contributed by atoms with Crippen LogP contribution in [0.5, 0.6) is 0 Å². The van der Waals surface area contributed by atoms with Crippen LogP contribution in [0.4, 0.5) is 0 Å². The van der Waals surface area contributed by atoms with Gasteiger partial charge in [0.15, 0.2) is 0 Å². The van der Waals surface area contributed by atoms with Crippen LogP contribution in [0, 0.1) is 6.92 Å². The molecule has 3 rings (SSSR count). The van der Waals surface area contributed by atoms with Crippen molar-refractivity contribution in [3.63, 3.8) is 0 Å². The van der Waals surface area contributed by atoms with Crippen molar-refractivity contribution in [2.45, 2.75) is 19.8 Å². The Bertz CT molecular complexity index is 600. The van der Waals surface area contributed by atoms with Crippen molar-refractivity contribution >= 4 is 16.8 Å². The maximum absolute atomic E-state index is 12.5. The zero-order valence-electron chi connectivity index (χ0n) is 10.5. The van der Waals surface area contributed by atoms with Gasteiger partial charge >= 0.3 is 0 Å². The summed E-state index contributed by atoms with van der Waals surface area (Å²) in [4.78, 5) is 18.7. The second-order valence-corrected chi connectivity index (χ2v) is 4.88. The molecule has 0 atom stereocenters. The highest BCUT2D eigenvalue weighted by atomic mass is 16.2. The number of amides is 1. The Morgan fingerprint density at radius 1 is 1.22 bits per heavy atom. The van der Waals surface area contributed by atoms with Gasteiger partial charge in [-0.05, 0) is 38.0 Å². The summed E-state index contributed by atoms with van der Waals surface area (Å²) in [6.45, 7) is 3.81. The molecule has 0 spiro atoms. The largest absolute Gasteiger partial charge is 0.339 e. The summed E-state index contributed by atoms with van der Waals surface area (Å²) in [5.41, 5.74) is 2.84. The third-order valence-electron chi connectivity index (χ3n) is 3.52. The molecule has 1 aliphatic rings. The third kappa shape index (κ3) is 1.86. The minimum atomic E-state index is 0.144. The van der Waals surface area contributed by atoms with E-state index in [4.69, 9.17) is 0 Å². The topological polar surface area (TPSA) is 33.2 Å². The third-order valence-corrected chi connectivity index (χ3v) is 3.52. The number of likely N-dealkylation sites (tertiary alicyclic amines) is 1. The highest BCUT2D eigenvalue weighted by molar-refractivity contribution is 6.06. The van der Waals surface area contributed by atoms with E-state index in [2.05, 4.69) is 4.98 Å². The molecule has 2 aromatic rings. The minimum Gasteiger partial charge on any atom is -0.339 e. The fourth-order valence-corrected chi connectivity index (χ4v) is 2.54. The number of nitrogens with zero attached hydrogens (tertiary/aromatic N) is 2. The van der Waals surface area contributed by atoms with Gasteiger partial charge in [0.25, 0.3) is 5.91 Å². The van der Waals surface area contributed by atoms with Crippen LogP contribution >= 0.6 is 0 Å². The average Bonchev–Trinajstić information content (AvgIpc) is 2.91. The number of aryl methyl sites for hydroxylation is 1. The molecular weight excluding hydrogens is 224 g/mol. The van der Waals surface area contributed by atoms with E-state index in [1.165, 1.54) is 0 Å². The van der Waals surface area contributed by atoms with E-state index in [-0.39, 0.29) is 5.91 Å². The Hall–Kier alpha value is -1.90. The molecule has 0 bridgehead atoms. The summed E-state index contributed by atoms with van der Waals surface area (Å²) in [6.07, 6.45) is 3.96. The van der Waals surface area contributed by atoms with E-state index in [1.54, 1.807) is 6.20 Å². The summed E-state index contributed by atoms with van der Waals surface area (Å²) in [5, 5.41) is 0.967. The second kappa shape index (κ2) is 4.41. The summed E-state index contributed by atoms with van der Waals surface area (Å²) >= 11 is 0. The molecule has 2 heterocycles. The lowest BCUT2D eigenvalue weighted by Gasteiger charge is -2.16. The van der Waals surface area contributed by atoms with Gasteiger partial charge in [0, 0.05) is 24.7 Å². The number of rotatable bonds is 1. The van der Waals surface area contributed by atoms with Gasteiger partial charge in [-0.15, -0.1) is 0 Å². The molecule has 0 radical (unpaired) electrons. The smallest absolute Gasteiger partial charge is 0.254 e. The molecule has 3 heteroatoms. The zero-order valence-corrected chi connectivity index (χ0v) is 10.5. The van der Waals surface area contributed by atoms with Crippen LogP contribution in [0.25, 0.3) is 10.9 Å². The molecule has 1 aromatic heterocycles. The van der Waals surface area contributed by atoms with E-state index < -0.39 is 0 Å². The molecule has 92 valence electrons. The van der Waals surface area contributed by atoms with E-state index in [9.17, 15) is 4.79 Å². The van der Waals surface area contributed by atoms with Gasteiger partial charge in [0.05, 0.1) is 11.1 Å². The van der Waals surface area contributed by atoms with Gasteiger partial charge in [-0.1, -0.05) is 11.6 Å². The van der Waals surface area contributed by atoms with Crippen LogP contribution < -0.4 is 0 Å². The van der Waals surface area contributed by atoms with Crippen molar-refractivity contribution in [2.24, 2.45) is 0 Å². The molecule has 3 nitrogen and oxygen atoms in total. The maximum atomic E-state index is 12.5. The molecule has 1 aromatic carbocycles. The molecule has 0 unspecified atom stereocenters. The van der Waals surface area contributed by atoms with Gasteiger partial charge in [0.2, 0.25) is 0 Å². The van der Waals surface area contributed by atoms with Gasteiger partial charge in [0.1, 0.15) is 0 Å². The van der Waals surface area contributed by atoms with E-state index >= 15 is 0 Å². The normalized spacial score (nSPS) is 15.3. The Kier molecular flexibility index (Phi) is 2.74. The standard InChI is InChI=1S/C15H16N2O/c1-11-4-5-14-13(10-11)12(6-7-16-14)15(18)17-8-2-3-9-17/h4-7,10H,2-3,8-9H2,1H3. The molecule has 1 saturated heterocycles. The number of fused-ring (bicyclic) bond motifs is 1. The van der Waals surface area contributed by atoms with Crippen molar-refractivity contribution in [1.29, 1.82) is 0 Å². The number of pyridine rings is 1. The zero-order chi connectivity index (χ0) is 12.5. The number of hydrogen-bond acceptors (Lipinski definition) is 2. The Morgan fingerprint density at radius 2 is 2.00 bits per heavy atom. The molecule has 0 saturated carbocycles. The molecule has 1 amide bonds. The van der Waals surface area contributed by atoms with Crippen molar-refractivity contribution in [1.82, 2.24) is 9.88 Å². The first-order valence-electron chi connectivity index (χ1n) is 6.40. The van der Waals surface area contributed by atoms with Crippen molar-refractivity contribution < 1.29 is 4.79 Å². The number of carbonyl (C=O) groups excluding carboxylic acids is 1. The molecule has 1 aliphatic heterocycles. The summed E-state index contributed by atoms with van der Waals surface area (Å²) in [6, 6.07) is 7.89.